The van der Waals surface area contributed by atoms with Gasteiger partial charge in [0.25, 0.3) is 0 Å². The Morgan fingerprint density at radius 3 is 3.00 bits per heavy atom. The standard InChI is InChI=1S/C12H18O4/c1-12-7-8(6-11(14)15-2)16-10(12)5-3-4-9(12)13/h6,9-10,13H,3-5,7H2,1-2H3/b8-6+/t9-,10+,12-/m0/s1. The summed E-state index contributed by atoms with van der Waals surface area (Å²) < 4.78 is 10.3. The van der Waals surface area contributed by atoms with E-state index in [2.05, 4.69) is 4.74 Å². The van der Waals surface area contributed by atoms with Gasteiger partial charge < -0.3 is 14.6 Å². The second-order valence-electron chi connectivity index (χ2n) is 4.87. The minimum Gasteiger partial charge on any atom is -0.494 e. The molecular weight excluding hydrogens is 208 g/mol. The average molecular weight is 226 g/mol. The van der Waals surface area contributed by atoms with Crippen molar-refractivity contribution in [3.63, 3.8) is 0 Å². The zero-order chi connectivity index (χ0) is 11.8. The molecule has 0 aromatic rings. The lowest BCUT2D eigenvalue weighted by Gasteiger charge is -2.38. The summed E-state index contributed by atoms with van der Waals surface area (Å²) in [5, 5.41) is 10.0. The quantitative estimate of drug-likeness (QED) is 0.542. The maximum atomic E-state index is 11.1. The molecule has 0 aromatic heterocycles. The van der Waals surface area contributed by atoms with E-state index in [4.69, 9.17) is 4.74 Å². The summed E-state index contributed by atoms with van der Waals surface area (Å²) in [7, 11) is 1.35. The van der Waals surface area contributed by atoms with Gasteiger partial charge in [0.2, 0.25) is 0 Å². The minimum absolute atomic E-state index is 0.0344. The van der Waals surface area contributed by atoms with Crippen molar-refractivity contribution in [1.29, 1.82) is 0 Å². The summed E-state index contributed by atoms with van der Waals surface area (Å²) in [6.07, 6.45) is 4.45. The molecule has 2 fully saturated rings. The third-order valence-electron chi connectivity index (χ3n) is 3.77. The fourth-order valence-electron chi connectivity index (χ4n) is 2.67. The van der Waals surface area contributed by atoms with Crippen molar-refractivity contribution in [3.05, 3.63) is 11.8 Å². The number of allylic oxidation sites excluding steroid dienone is 1. The fourth-order valence-corrected chi connectivity index (χ4v) is 2.67. The number of carbonyl (C=O) groups excluding carboxylic acids is 1. The van der Waals surface area contributed by atoms with Crippen molar-refractivity contribution >= 4 is 5.97 Å². The molecule has 4 nitrogen and oxygen atoms in total. The summed E-state index contributed by atoms with van der Waals surface area (Å²) in [6.45, 7) is 2.03. The number of aliphatic hydroxyl groups excluding tert-OH is 1. The molecule has 16 heavy (non-hydrogen) atoms. The van der Waals surface area contributed by atoms with E-state index in [1.165, 1.54) is 13.2 Å². The first-order chi connectivity index (χ1) is 7.56. The van der Waals surface area contributed by atoms with Crippen LogP contribution in [0, 0.1) is 5.41 Å². The number of carbonyl (C=O) groups is 1. The number of hydrogen-bond donors (Lipinski definition) is 1. The third kappa shape index (κ3) is 1.82. The highest BCUT2D eigenvalue weighted by molar-refractivity contribution is 5.82. The summed E-state index contributed by atoms with van der Waals surface area (Å²) in [4.78, 5) is 11.1. The molecule has 0 aromatic carbocycles. The third-order valence-corrected chi connectivity index (χ3v) is 3.77. The molecule has 0 amide bonds. The number of aliphatic hydroxyl groups is 1. The normalized spacial score (nSPS) is 40.3. The van der Waals surface area contributed by atoms with E-state index in [0.717, 1.165) is 19.3 Å². The Morgan fingerprint density at radius 1 is 1.62 bits per heavy atom. The van der Waals surface area contributed by atoms with Crippen LogP contribution in [0.25, 0.3) is 0 Å². The van der Waals surface area contributed by atoms with Crippen LogP contribution in [0.2, 0.25) is 0 Å². The largest absolute Gasteiger partial charge is 0.494 e. The van der Waals surface area contributed by atoms with Crippen LogP contribution >= 0.6 is 0 Å². The zero-order valence-electron chi connectivity index (χ0n) is 9.73. The molecule has 0 bridgehead atoms. The summed E-state index contributed by atoms with van der Waals surface area (Å²) in [5.74, 6) is 0.243. The van der Waals surface area contributed by atoms with Gasteiger partial charge in [-0.15, -0.1) is 0 Å². The molecule has 0 radical (unpaired) electrons. The molecule has 1 saturated heterocycles. The summed E-state index contributed by atoms with van der Waals surface area (Å²) in [5.41, 5.74) is -0.238. The van der Waals surface area contributed by atoms with E-state index < -0.39 is 5.97 Å². The molecule has 90 valence electrons. The van der Waals surface area contributed by atoms with Gasteiger partial charge in [0.05, 0.1) is 19.3 Å². The van der Waals surface area contributed by atoms with E-state index >= 15 is 0 Å². The van der Waals surface area contributed by atoms with Crippen molar-refractivity contribution in [2.45, 2.75) is 44.8 Å². The molecule has 1 aliphatic carbocycles. The predicted molar refractivity (Wildman–Crippen MR) is 57.6 cm³/mol. The van der Waals surface area contributed by atoms with Gasteiger partial charge in [0.1, 0.15) is 11.9 Å². The number of esters is 1. The molecule has 3 atom stereocenters. The van der Waals surface area contributed by atoms with E-state index in [1.807, 2.05) is 6.92 Å². The SMILES string of the molecule is COC(=O)/C=C1\C[C@@]2(C)[C@@H](O)CCC[C@H]2O1. The van der Waals surface area contributed by atoms with Crippen LogP contribution < -0.4 is 0 Å². The van der Waals surface area contributed by atoms with Gasteiger partial charge in [0.15, 0.2) is 0 Å². The zero-order valence-corrected chi connectivity index (χ0v) is 9.73. The molecule has 1 saturated carbocycles. The second kappa shape index (κ2) is 4.09. The maximum absolute atomic E-state index is 11.1. The van der Waals surface area contributed by atoms with Crippen LogP contribution in [0.3, 0.4) is 0 Å². The minimum atomic E-state index is -0.397. The van der Waals surface area contributed by atoms with E-state index in [1.54, 1.807) is 0 Å². The smallest absolute Gasteiger partial charge is 0.333 e. The molecule has 4 heteroatoms. The molecule has 0 spiro atoms. The Hall–Kier alpha value is -1.03. The Morgan fingerprint density at radius 2 is 2.38 bits per heavy atom. The fraction of sp³-hybridized carbons (Fsp3) is 0.750. The molecule has 2 rings (SSSR count). The molecule has 2 aliphatic rings. The monoisotopic (exact) mass is 226 g/mol. The molecule has 0 unspecified atom stereocenters. The number of fused-ring (bicyclic) bond motifs is 1. The highest BCUT2D eigenvalue weighted by Crippen LogP contribution is 2.49. The number of rotatable bonds is 1. The molecule has 1 N–H and O–H groups in total. The van der Waals surface area contributed by atoms with Gasteiger partial charge >= 0.3 is 5.97 Å². The van der Waals surface area contributed by atoms with Crippen LogP contribution in [-0.4, -0.2) is 30.4 Å². The molecular formula is C12H18O4. The van der Waals surface area contributed by atoms with E-state index in [9.17, 15) is 9.90 Å². The van der Waals surface area contributed by atoms with E-state index in [0.29, 0.717) is 12.2 Å². The topological polar surface area (TPSA) is 55.8 Å². The lowest BCUT2D eigenvalue weighted by atomic mass is 9.70. The van der Waals surface area contributed by atoms with Gasteiger partial charge in [-0.2, -0.15) is 0 Å². The van der Waals surface area contributed by atoms with Crippen LogP contribution in [-0.2, 0) is 14.3 Å². The number of hydrogen-bond acceptors (Lipinski definition) is 4. The van der Waals surface area contributed by atoms with Crippen LogP contribution in [0.15, 0.2) is 11.8 Å². The molecule has 1 heterocycles. The number of ether oxygens (including phenoxy) is 2. The molecule has 1 aliphatic heterocycles. The van der Waals surface area contributed by atoms with Gasteiger partial charge in [-0.1, -0.05) is 6.92 Å². The Labute approximate surface area is 95.2 Å². The summed E-state index contributed by atoms with van der Waals surface area (Å²) in [6, 6.07) is 0. The maximum Gasteiger partial charge on any atom is 0.333 e. The first-order valence-electron chi connectivity index (χ1n) is 5.69. The van der Waals surface area contributed by atoms with E-state index in [-0.39, 0.29) is 17.6 Å². The Bertz CT molecular complexity index is 323. The highest BCUT2D eigenvalue weighted by Gasteiger charge is 2.50. The highest BCUT2D eigenvalue weighted by atomic mass is 16.5. The van der Waals surface area contributed by atoms with Crippen molar-refractivity contribution in [1.82, 2.24) is 0 Å². The Kier molecular flexibility index (Phi) is 2.93. The van der Waals surface area contributed by atoms with Crippen molar-refractivity contribution in [2.75, 3.05) is 7.11 Å². The average Bonchev–Trinajstić information content (AvgIpc) is 2.57. The summed E-state index contributed by atoms with van der Waals surface area (Å²) >= 11 is 0. The second-order valence-corrected chi connectivity index (χ2v) is 4.87. The van der Waals surface area contributed by atoms with Crippen molar-refractivity contribution in [2.24, 2.45) is 5.41 Å². The first kappa shape index (κ1) is 11.5. The number of methoxy groups -OCH3 is 1. The lowest BCUT2D eigenvalue weighted by molar-refractivity contribution is -0.135. The van der Waals surface area contributed by atoms with Crippen LogP contribution in [0.5, 0.6) is 0 Å². The van der Waals surface area contributed by atoms with Crippen molar-refractivity contribution in [3.8, 4) is 0 Å². The van der Waals surface area contributed by atoms with Gasteiger partial charge in [-0.3, -0.25) is 0 Å². The van der Waals surface area contributed by atoms with Crippen molar-refractivity contribution < 1.29 is 19.4 Å². The van der Waals surface area contributed by atoms with Gasteiger partial charge in [-0.05, 0) is 19.3 Å². The Balaban J connectivity index is 2.15. The first-order valence-corrected chi connectivity index (χ1v) is 5.69. The van der Waals surface area contributed by atoms with Gasteiger partial charge in [-0.25, -0.2) is 4.79 Å². The predicted octanol–water partition coefficient (Wildman–Crippen LogP) is 1.38. The van der Waals surface area contributed by atoms with Crippen LogP contribution in [0.1, 0.15) is 32.6 Å². The lowest BCUT2D eigenvalue weighted by Crippen LogP contribution is -2.42. The van der Waals surface area contributed by atoms with Gasteiger partial charge in [0, 0.05) is 11.8 Å². The van der Waals surface area contributed by atoms with Crippen LogP contribution in [0.4, 0.5) is 0 Å².